The number of anilines is 1. The number of nitrogens with two attached hydrogens (primary N) is 1. The number of hydrogen-bond acceptors (Lipinski definition) is 3. The summed E-state index contributed by atoms with van der Waals surface area (Å²) in [6.45, 7) is 0. The fourth-order valence-electron chi connectivity index (χ4n) is 2.42. The monoisotopic (exact) mass is 301 g/mol. The van der Waals surface area contributed by atoms with Crippen molar-refractivity contribution in [2.24, 2.45) is 0 Å². The molecule has 0 spiro atoms. The van der Waals surface area contributed by atoms with Crippen molar-refractivity contribution in [1.29, 1.82) is 0 Å². The van der Waals surface area contributed by atoms with Gasteiger partial charge in [-0.2, -0.15) is 11.8 Å². The van der Waals surface area contributed by atoms with Gasteiger partial charge in [0.05, 0.1) is 21.1 Å². The number of imidazole rings is 1. The van der Waals surface area contributed by atoms with E-state index < -0.39 is 0 Å². The standard InChI is InChI=1S/C12H13Cl2N3S/c13-8-4-10-11(5-9(8)14)17(12(15)16-10)7-2-1-3-18-6-7/h4-5,7H,1-3,6H2,(H2,15,16). The first-order valence-corrected chi connectivity index (χ1v) is 7.78. The fraction of sp³-hybridized carbons (Fsp3) is 0.417. The first kappa shape index (κ1) is 12.5. The number of benzene rings is 1. The van der Waals surface area contributed by atoms with Gasteiger partial charge in [0.25, 0.3) is 0 Å². The molecule has 1 fully saturated rings. The van der Waals surface area contributed by atoms with E-state index in [9.17, 15) is 0 Å². The van der Waals surface area contributed by atoms with E-state index in [1.165, 1.54) is 12.2 Å². The lowest BCUT2D eigenvalue weighted by Gasteiger charge is -2.24. The number of nitrogens with zero attached hydrogens (tertiary/aromatic N) is 2. The van der Waals surface area contributed by atoms with Crippen LogP contribution in [-0.4, -0.2) is 21.1 Å². The van der Waals surface area contributed by atoms with Gasteiger partial charge in [-0.3, -0.25) is 0 Å². The highest BCUT2D eigenvalue weighted by Gasteiger charge is 2.21. The molecule has 0 radical (unpaired) electrons. The van der Waals surface area contributed by atoms with Crippen LogP contribution in [0.1, 0.15) is 18.9 Å². The van der Waals surface area contributed by atoms with Gasteiger partial charge >= 0.3 is 0 Å². The zero-order valence-electron chi connectivity index (χ0n) is 9.70. The van der Waals surface area contributed by atoms with Crippen molar-refractivity contribution < 1.29 is 0 Å². The van der Waals surface area contributed by atoms with Crippen LogP contribution in [0, 0.1) is 0 Å². The molecule has 1 aromatic heterocycles. The maximum atomic E-state index is 6.09. The molecule has 1 aromatic carbocycles. The average molecular weight is 302 g/mol. The minimum Gasteiger partial charge on any atom is -0.369 e. The zero-order valence-corrected chi connectivity index (χ0v) is 12.0. The van der Waals surface area contributed by atoms with E-state index in [0.717, 1.165) is 23.2 Å². The number of nitrogen functional groups attached to an aromatic ring is 1. The van der Waals surface area contributed by atoms with Gasteiger partial charge in [-0.05, 0) is 30.7 Å². The molecule has 0 saturated carbocycles. The van der Waals surface area contributed by atoms with Gasteiger partial charge in [0, 0.05) is 11.8 Å². The Balaban J connectivity index is 2.15. The Labute approximate surface area is 120 Å². The summed E-state index contributed by atoms with van der Waals surface area (Å²) in [6.07, 6.45) is 2.36. The normalized spacial score (nSPS) is 20.4. The van der Waals surface area contributed by atoms with Crippen molar-refractivity contribution in [1.82, 2.24) is 9.55 Å². The molecule has 6 heteroatoms. The van der Waals surface area contributed by atoms with Crippen LogP contribution in [0.25, 0.3) is 11.0 Å². The van der Waals surface area contributed by atoms with Crippen molar-refractivity contribution in [2.45, 2.75) is 18.9 Å². The number of hydrogen-bond donors (Lipinski definition) is 1. The molecule has 2 heterocycles. The van der Waals surface area contributed by atoms with E-state index in [2.05, 4.69) is 9.55 Å². The number of aromatic nitrogens is 2. The average Bonchev–Trinajstić information content (AvgIpc) is 2.66. The topological polar surface area (TPSA) is 43.8 Å². The highest BCUT2D eigenvalue weighted by Crippen LogP contribution is 2.35. The molecule has 3 rings (SSSR count). The van der Waals surface area contributed by atoms with Gasteiger partial charge in [-0.1, -0.05) is 23.2 Å². The molecule has 1 saturated heterocycles. The first-order chi connectivity index (χ1) is 8.66. The highest BCUT2D eigenvalue weighted by atomic mass is 35.5. The SMILES string of the molecule is Nc1nc2cc(Cl)c(Cl)cc2n1C1CCCSC1. The zero-order chi connectivity index (χ0) is 12.7. The predicted octanol–water partition coefficient (Wildman–Crippen LogP) is 3.99. The van der Waals surface area contributed by atoms with Crippen molar-refractivity contribution in [3.8, 4) is 0 Å². The Morgan fingerprint density at radius 2 is 2.11 bits per heavy atom. The fourth-order valence-corrected chi connectivity index (χ4v) is 3.86. The second-order valence-electron chi connectivity index (χ2n) is 4.47. The van der Waals surface area contributed by atoms with Crippen LogP contribution in [0.15, 0.2) is 12.1 Å². The molecule has 2 N–H and O–H groups in total. The molecule has 2 aromatic rings. The van der Waals surface area contributed by atoms with Crippen LogP contribution in [-0.2, 0) is 0 Å². The lowest BCUT2D eigenvalue weighted by Crippen LogP contribution is -2.17. The van der Waals surface area contributed by atoms with E-state index in [0.29, 0.717) is 22.0 Å². The quantitative estimate of drug-likeness (QED) is 0.866. The lowest BCUT2D eigenvalue weighted by atomic mass is 10.1. The van der Waals surface area contributed by atoms with E-state index >= 15 is 0 Å². The van der Waals surface area contributed by atoms with Crippen LogP contribution in [0.3, 0.4) is 0 Å². The maximum Gasteiger partial charge on any atom is 0.201 e. The Kier molecular flexibility index (Phi) is 3.34. The third-order valence-corrected chi connectivity index (χ3v) is 5.18. The first-order valence-electron chi connectivity index (χ1n) is 5.87. The summed E-state index contributed by atoms with van der Waals surface area (Å²) in [5.41, 5.74) is 7.84. The Bertz CT molecular complexity index is 591. The van der Waals surface area contributed by atoms with E-state index in [1.807, 2.05) is 17.8 Å². The van der Waals surface area contributed by atoms with Gasteiger partial charge in [0.15, 0.2) is 0 Å². The summed E-state index contributed by atoms with van der Waals surface area (Å²) in [4.78, 5) is 4.38. The molecular formula is C12H13Cl2N3S. The Morgan fingerprint density at radius 3 is 2.83 bits per heavy atom. The smallest absolute Gasteiger partial charge is 0.201 e. The summed E-state index contributed by atoms with van der Waals surface area (Å²) in [5.74, 6) is 2.86. The highest BCUT2D eigenvalue weighted by molar-refractivity contribution is 7.99. The van der Waals surface area contributed by atoms with Gasteiger partial charge in [0.2, 0.25) is 5.95 Å². The molecule has 3 nitrogen and oxygen atoms in total. The Hall–Kier alpha value is -0.580. The number of rotatable bonds is 1. The molecule has 18 heavy (non-hydrogen) atoms. The second kappa shape index (κ2) is 4.83. The molecule has 1 atom stereocenters. The third kappa shape index (κ3) is 2.06. The molecule has 0 aliphatic carbocycles. The number of fused-ring (bicyclic) bond motifs is 1. The van der Waals surface area contributed by atoms with Gasteiger partial charge < -0.3 is 10.3 Å². The minimum absolute atomic E-state index is 0.408. The van der Waals surface area contributed by atoms with Gasteiger partial charge in [-0.15, -0.1) is 0 Å². The molecule has 1 aliphatic heterocycles. The van der Waals surface area contributed by atoms with Gasteiger partial charge in [0.1, 0.15) is 0 Å². The largest absolute Gasteiger partial charge is 0.369 e. The van der Waals surface area contributed by atoms with Crippen molar-refractivity contribution >= 4 is 51.9 Å². The molecule has 96 valence electrons. The summed E-state index contributed by atoms with van der Waals surface area (Å²) in [6, 6.07) is 4.05. The number of halogens is 2. The van der Waals surface area contributed by atoms with Crippen LogP contribution in [0.5, 0.6) is 0 Å². The van der Waals surface area contributed by atoms with E-state index in [-0.39, 0.29) is 0 Å². The molecular weight excluding hydrogens is 289 g/mol. The van der Waals surface area contributed by atoms with E-state index in [4.69, 9.17) is 28.9 Å². The van der Waals surface area contributed by atoms with Gasteiger partial charge in [-0.25, -0.2) is 4.98 Å². The lowest BCUT2D eigenvalue weighted by molar-refractivity contribution is 0.517. The van der Waals surface area contributed by atoms with Crippen LogP contribution in [0.2, 0.25) is 10.0 Å². The minimum atomic E-state index is 0.408. The third-order valence-electron chi connectivity index (χ3n) is 3.26. The molecule has 0 amide bonds. The molecule has 1 aliphatic rings. The van der Waals surface area contributed by atoms with Crippen molar-refractivity contribution in [2.75, 3.05) is 17.2 Å². The van der Waals surface area contributed by atoms with Crippen molar-refractivity contribution in [3.63, 3.8) is 0 Å². The van der Waals surface area contributed by atoms with Crippen molar-refractivity contribution in [3.05, 3.63) is 22.2 Å². The molecule has 1 unspecified atom stereocenters. The molecule has 0 bridgehead atoms. The second-order valence-corrected chi connectivity index (χ2v) is 6.43. The summed E-state index contributed by atoms with van der Waals surface area (Å²) < 4.78 is 2.10. The Morgan fingerprint density at radius 1 is 1.33 bits per heavy atom. The summed E-state index contributed by atoms with van der Waals surface area (Å²) in [5, 5.41) is 1.07. The predicted molar refractivity (Wildman–Crippen MR) is 79.8 cm³/mol. The maximum absolute atomic E-state index is 6.09. The van der Waals surface area contributed by atoms with Crippen LogP contribution in [0.4, 0.5) is 5.95 Å². The summed E-state index contributed by atoms with van der Waals surface area (Å²) in [7, 11) is 0. The summed E-state index contributed by atoms with van der Waals surface area (Å²) >= 11 is 14.1. The van der Waals surface area contributed by atoms with Crippen LogP contribution >= 0.6 is 35.0 Å². The van der Waals surface area contributed by atoms with E-state index in [1.54, 1.807) is 6.07 Å². The number of thioether (sulfide) groups is 1. The van der Waals surface area contributed by atoms with Crippen LogP contribution < -0.4 is 5.73 Å².